The molecule has 106 valence electrons. The molecule has 1 aromatic heterocycles. The molecular formula is C13H15N3O3S. The van der Waals surface area contributed by atoms with Gasteiger partial charge in [-0.25, -0.2) is 9.89 Å². The first-order valence-electron chi connectivity index (χ1n) is 6.09. The van der Waals surface area contributed by atoms with Crippen molar-refractivity contribution in [2.45, 2.75) is 30.4 Å². The normalized spacial score (nSPS) is 10.6. The smallest absolute Gasteiger partial charge is 0.343 e. The predicted molar refractivity (Wildman–Crippen MR) is 75.6 cm³/mol. The van der Waals surface area contributed by atoms with E-state index < -0.39 is 0 Å². The predicted octanol–water partition coefficient (Wildman–Crippen LogP) is 1.95. The van der Waals surface area contributed by atoms with E-state index in [-0.39, 0.29) is 11.5 Å². The van der Waals surface area contributed by atoms with Gasteiger partial charge >= 0.3 is 5.69 Å². The Hall–Kier alpha value is -2.02. The Morgan fingerprint density at radius 2 is 2.25 bits per heavy atom. The molecule has 6 nitrogen and oxygen atoms in total. The van der Waals surface area contributed by atoms with Crippen LogP contribution in [0, 0.1) is 0 Å². The van der Waals surface area contributed by atoms with Gasteiger partial charge in [0.2, 0.25) is 0 Å². The molecule has 0 spiro atoms. The quantitative estimate of drug-likeness (QED) is 0.853. The molecule has 0 radical (unpaired) electrons. The van der Waals surface area contributed by atoms with E-state index in [1.54, 1.807) is 12.1 Å². The van der Waals surface area contributed by atoms with Crippen LogP contribution in [0.1, 0.15) is 24.2 Å². The summed E-state index contributed by atoms with van der Waals surface area (Å²) in [5.41, 5.74) is 0.236. The van der Waals surface area contributed by atoms with Gasteiger partial charge in [0.1, 0.15) is 5.75 Å². The minimum absolute atomic E-state index is 0.0918. The van der Waals surface area contributed by atoms with Crippen molar-refractivity contribution in [2.24, 2.45) is 0 Å². The maximum absolute atomic E-state index is 11.8. The minimum Gasteiger partial charge on any atom is -0.496 e. The Morgan fingerprint density at radius 3 is 2.85 bits per heavy atom. The Morgan fingerprint density at radius 1 is 1.50 bits per heavy atom. The van der Waals surface area contributed by atoms with E-state index in [1.807, 2.05) is 13.0 Å². The van der Waals surface area contributed by atoms with Crippen molar-refractivity contribution in [3.63, 3.8) is 0 Å². The van der Waals surface area contributed by atoms with Crippen LogP contribution in [0.15, 0.2) is 33.0 Å². The van der Waals surface area contributed by atoms with Crippen molar-refractivity contribution in [1.29, 1.82) is 0 Å². The zero-order valence-corrected chi connectivity index (χ0v) is 12.3. The van der Waals surface area contributed by atoms with E-state index in [0.29, 0.717) is 27.9 Å². The summed E-state index contributed by atoms with van der Waals surface area (Å²) < 4.78 is 6.72. The first-order valence-corrected chi connectivity index (χ1v) is 6.91. The van der Waals surface area contributed by atoms with Gasteiger partial charge in [0, 0.05) is 11.4 Å². The highest BCUT2D eigenvalue weighted by molar-refractivity contribution is 7.99. The summed E-state index contributed by atoms with van der Waals surface area (Å²) in [5.74, 6) is 0.425. The number of nitrogens with one attached hydrogen (secondary N) is 1. The van der Waals surface area contributed by atoms with E-state index in [2.05, 4.69) is 10.2 Å². The Kier molecular flexibility index (Phi) is 4.29. The van der Waals surface area contributed by atoms with Gasteiger partial charge in [0.25, 0.3) is 0 Å². The number of hydrogen-bond acceptors (Lipinski definition) is 5. The van der Waals surface area contributed by atoms with Crippen molar-refractivity contribution in [3.05, 3.63) is 34.2 Å². The molecule has 0 saturated heterocycles. The molecular weight excluding hydrogens is 278 g/mol. The number of carbonyl (C=O) groups excluding carboxylic acids is 1. The van der Waals surface area contributed by atoms with Crippen LogP contribution in [0.5, 0.6) is 5.75 Å². The van der Waals surface area contributed by atoms with Gasteiger partial charge in [0.05, 0.1) is 12.7 Å². The summed E-state index contributed by atoms with van der Waals surface area (Å²) >= 11 is 1.26. The number of hydrogen-bond donors (Lipinski definition) is 1. The van der Waals surface area contributed by atoms with E-state index in [1.165, 1.54) is 30.4 Å². The lowest BCUT2D eigenvalue weighted by Gasteiger charge is -2.10. The molecule has 0 saturated carbocycles. The SMILES string of the molecule is CCn1c(Sc2cccc(OC)c2C(C)=O)n[nH]c1=O. The molecule has 7 heteroatoms. The van der Waals surface area contributed by atoms with Gasteiger partial charge in [-0.1, -0.05) is 6.07 Å². The van der Waals surface area contributed by atoms with Crippen LogP contribution in [-0.2, 0) is 6.54 Å². The second-order valence-corrected chi connectivity index (χ2v) is 5.06. The van der Waals surface area contributed by atoms with Crippen LogP contribution in [0.3, 0.4) is 0 Å². The fourth-order valence-electron chi connectivity index (χ4n) is 1.87. The van der Waals surface area contributed by atoms with Crippen molar-refractivity contribution >= 4 is 17.5 Å². The van der Waals surface area contributed by atoms with Gasteiger partial charge < -0.3 is 4.74 Å². The Balaban J connectivity index is 2.48. The highest BCUT2D eigenvalue weighted by Crippen LogP contribution is 2.33. The number of carbonyl (C=O) groups is 1. The topological polar surface area (TPSA) is 77.0 Å². The Labute approximate surface area is 120 Å². The highest BCUT2D eigenvalue weighted by atomic mass is 32.2. The zero-order valence-electron chi connectivity index (χ0n) is 11.5. The zero-order chi connectivity index (χ0) is 14.7. The number of H-pyrrole nitrogens is 1. The highest BCUT2D eigenvalue weighted by Gasteiger charge is 2.17. The summed E-state index contributed by atoms with van der Waals surface area (Å²) in [4.78, 5) is 24.1. The largest absolute Gasteiger partial charge is 0.496 e. The van der Waals surface area contributed by atoms with E-state index in [0.717, 1.165) is 0 Å². The van der Waals surface area contributed by atoms with Crippen LogP contribution in [0.2, 0.25) is 0 Å². The summed E-state index contributed by atoms with van der Waals surface area (Å²) in [6, 6.07) is 5.34. The first kappa shape index (κ1) is 14.4. The second kappa shape index (κ2) is 5.96. The number of rotatable bonds is 5. The molecule has 0 aliphatic heterocycles. The molecule has 2 rings (SSSR count). The molecule has 20 heavy (non-hydrogen) atoms. The number of methoxy groups -OCH3 is 1. The third-order valence-electron chi connectivity index (χ3n) is 2.80. The number of ketones is 1. The maximum Gasteiger partial charge on any atom is 0.343 e. The second-order valence-electron chi connectivity index (χ2n) is 4.05. The summed E-state index contributed by atoms with van der Waals surface area (Å²) in [7, 11) is 1.52. The molecule has 0 unspecified atom stereocenters. The monoisotopic (exact) mass is 293 g/mol. The number of nitrogens with zero attached hydrogens (tertiary/aromatic N) is 2. The van der Waals surface area contributed by atoms with Crippen molar-refractivity contribution < 1.29 is 9.53 Å². The van der Waals surface area contributed by atoms with Crippen molar-refractivity contribution in [1.82, 2.24) is 14.8 Å². The lowest BCUT2D eigenvalue weighted by molar-refractivity contribution is 0.101. The summed E-state index contributed by atoms with van der Waals surface area (Å²) in [6.45, 7) is 3.86. The van der Waals surface area contributed by atoms with E-state index >= 15 is 0 Å². The van der Waals surface area contributed by atoms with Crippen molar-refractivity contribution in [2.75, 3.05) is 7.11 Å². The minimum atomic E-state index is -0.262. The lowest BCUT2D eigenvalue weighted by atomic mass is 10.1. The van der Waals surface area contributed by atoms with Gasteiger partial charge in [-0.2, -0.15) is 0 Å². The van der Waals surface area contributed by atoms with Crippen molar-refractivity contribution in [3.8, 4) is 5.75 Å². The van der Waals surface area contributed by atoms with Gasteiger partial charge in [0.15, 0.2) is 10.9 Å². The fourth-order valence-corrected chi connectivity index (χ4v) is 2.97. The molecule has 2 aromatic rings. The number of Topliss-reactive ketones (excluding diaryl/α,β-unsaturated/α-hetero) is 1. The van der Waals surface area contributed by atoms with Crippen LogP contribution in [-0.4, -0.2) is 27.7 Å². The molecule has 1 heterocycles. The molecule has 0 fully saturated rings. The number of aromatic nitrogens is 3. The van der Waals surface area contributed by atoms with Crippen LogP contribution >= 0.6 is 11.8 Å². The number of ether oxygens (including phenoxy) is 1. The van der Waals surface area contributed by atoms with Gasteiger partial charge in [-0.15, -0.1) is 5.10 Å². The first-order chi connectivity index (χ1) is 9.58. The molecule has 0 atom stereocenters. The number of benzene rings is 1. The lowest BCUT2D eigenvalue weighted by Crippen LogP contribution is -2.16. The average Bonchev–Trinajstić information content (AvgIpc) is 2.78. The molecule has 0 amide bonds. The molecule has 0 bridgehead atoms. The van der Waals surface area contributed by atoms with Crippen LogP contribution < -0.4 is 10.4 Å². The van der Waals surface area contributed by atoms with Crippen LogP contribution in [0.4, 0.5) is 0 Å². The third-order valence-corrected chi connectivity index (χ3v) is 3.86. The summed E-state index contributed by atoms with van der Waals surface area (Å²) in [5, 5.41) is 6.90. The third kappa shape index (κ3) is 2.62. The summed E-state index contributed by atoms with van der Waals surface area (Å²) in [6.07, 6.45) is 0. The number of aromatic amines is 1. The maximum atomic E-state index is 11.8. The average molecular weight is 293 g/mol. The van der Waals surface area contributed by atoms with E-state index in [9.17, 15) is 9.59 Å². The van der Waals surface area contributed by atoms with Gasteiger partial charge in [-0.3, -0.25) is 9.36 Å². The molecule has 0 aliphatic carbocycles. The molecule has 0 aliphatic rings. The molecule has 1 aromatic carbocycles. The van der Waals surface area contributed by atoms with Crippen LogP contribution in [0.25, 0.3) is 0 Å². The van der Waals surface area contributed by atoms with E-state index in [4.69, 9.17) is 4.74 Å². The Bertz CT molecular complexity index is 690. The fraction of sp³-hybridized carbons (Fsp3) is 0.308. The molecule has 1 N–H and O–H groups in total. The standard InChI is InChI=1S/C13H15N3O3S/c1-4-16-12(18)14-15-13(16)20-10-7-5-6-9(19-3)11(10)8(2)17/h5-7H,4H2,1-3H3,(H,14,18). The van der Waals surface area contributed by atoms with Gasteiger partial charge in [-0.05, 0) is 37.7 Å².